The Morgan fingerprint density at radius 1 is 1.29 bits per heavy atom. The second kappa shape index (κ2) is 6.99. The zero-order chi connectivity index (χ0) is 15.3. The second-order valence-corrected chi connectivity index (χ2v) is 6.23. The van der Waals surface area contributed by atoms with E-state index in [0.29, 0.717) is 26.2 Å². The van der Waals surface area contributed by atoms with Crippen LogP contribution in [0.15, 0.2) is 29.2 Å². The predicted molar refractivity (Wildman–Crippen MR) is 75.1 cm³/mol. The van der Waals surface area contributed by atoms with E-state index in [2.05, 4.69) is 5.32 Å². The molecule has 0 aromatic heterocycles. The largest absolute Gasteiger partial charge is 0.376 e. The Labute approximate surface area is 123 Å². The van der Waals surface area contributed by atoms with Crippen molar-refractivity contribution in [1.82, 2.24) is 5.32 Å². The summed E-state index contributed by atoms with van der Waals surface area (Å²) in [5, 5.41) is 7.78. The van der Waals surface area contributed by atoms with Crippen molar-refractivity contribution in [1.29, 1.82) is 0 Å². The van der Waals surface area contributed by atoms with Gasteiger partial charge in [-0.25, -0.2) is 13.6 Å². The van der Waals surface area contributed by atoms with Crippen molar-refractivity contribution in [3.63, 3.8) is 0 Å². The number of benzene rings is 1. The maximum Gasteiger partial charge on any atom is 0.251 e. The van der Waals surface area contributed by atoms with Crippen molar-refractivity contribution in [2.45, 2.75) is 17.4 Å². The van der Waals surface area contributed by atoms with Gasteiger partial charge >= 0.3 is 0 Å². The van der Waals surface area contributed by atoms with Crippen LogP contribution in [0.25, 0.3) is 0 Å². The van der Waals surface area contributed by atoms with Gasteiger partial charge in [-0.1, -0.05) is 12.1 Å². The fraction of sp³-hybridized carbons (Fsp3) is 0.462. The third-order valence-corrected chi connectivity index (χ3v) is 4.00. The first kappa shape index (κ1) is 15.9. The molecule has 1 fully saturated rings. The number of rotatable bonds is 5. The summed E-state index contributed by atoms with van der Waals surface area (Å²) in [7, 11) is -3.67. The molecule has 0 bridgehead atoms. The lowest BCUT2D eigenvalue weighted by Crippen LogP contribution is -2.43. The van der Waals surface area contributed by atoms with E-state index < -0.39 is 16.1 Å². The topological polar surface area (TPSA) is 108 Å². The number of sulfonamides is 1. The number of hydrogen-bond acceptors (Lipinski definition) is 5. The molecular weight excluding hydrogens is 296 g/mol. The quantitative estimate of drug-likeness (QED) is 0.755. The highest BCUT2D eigenvalue weighted by atomic mass is 32.2. The van der Waals surface area contributed by atoms with Crippen LogP contribution in [0.3, 0.4) is 0 Å². The third-order valence-electron chi connectivity index (χ3n) is 3.07. The van der Waals surface area contributed by atoms with E-state index in [1.807, 2.05) is 0 Å². The van der Waals surface area contributed by atoms with E-state index in [9.17, 15) is 13.2 Å². The van der Waals surface area contributed by atoms with Crippen LogP contribution in [0.2, 0.25) is 0 Å². The van der Waals surface area contributed by atoms with E-state index in [0.717, 1.165) is 5.56 Å². The minimum absolute atomic E-state index is 0.0723. The molecule has 8 heteroatoms. The van der Waals surface area contributed by atoms with Gasteiger partial charge in [-0.05, 0) is 24.1 Å². The summed E-state index contributed by atoms with van der Waals surface area (Å²) in [5.41, 5.74) is 0.906. The first-order valence-electron chi connectivity index (χ1n) is 6.55. The van der Waals surface area contributed by atoms with Gasteiger partial charge in [0.25, 0.3) is 5.91 Å². The van der Waals surface area contributed by atoms with Gasteiger partial charge in [0, 0.05) is 6.54 Å². The molecule has 1 aromatic carbocycles. The van der Waals surface area contributed by atoms with Crippen LogP contribution < -0.4 is 10.5 Å². The third kappa shape index (κ3) is 4.78. The highest BCUT2D eigenvalue weighted by Gasteiger charge is 2.21. The normalized spacial score (nSPS) is 19.2. The number of nitrogens with one attached hydrogen (secondary N) is 1. The molecule has 1 unspecified atom stereocenters. The number of hydrogen-bond donors (Lipinski definition) is 2. The highest BCUT2D eigenvalue weighted by Crippen LogP contribution is 2.09. The molecule has 1 aliphatic heterocycles. The predicted octanol–water partition coefficient (Wildman–Crippen LogP) is -0.592. The van der Waals surface area contributed by atoms with Crippen LogP contribution in [0.4, 0.5) is 0 Å². The van der Waals surface area contributed by atoms with E-state index in [1.165, 1.54) is 12.1 Å². The van der Waals surface area contributed by atoms with E-state index in [1.54, 1.807) is 12.1 Å². The van der Waals surface area contributed by atoms with E-state index >= 15 is 0 Å². The number of nitrogens with two attached hydrogens (primary N) is 1. The summed E-state index contributed by atoms with van der Waals surface area (Å²) in [4.78, 5) is 11.8. The molecule has 0 saturated carbocycles. The Kier molecular flexibility index (Phi) is 5.29. The van der Waals surface area contributed by atoms with Gasteiger partial charge in [-0.2, -0.15) is 0 Å². The molecule has 3 N–H and O–H groups in total. The molecular formula is C13H18N2O5S. The second-order valence-electron chi connectivity index (χ2n) is 4.66. The first-order valence-corrected chi connectivity index (χ1v) is 8.10. The molecule has 7 nitrogen and oxygen atoms in total. The van der Waals surface area contributed by atoms with Crippen LogP contribution in [0, 0.1) is 0 Å². The smallest absolute Gasteiger partial charge is 0.251 e. The maximum atomic E-state index is 11.8. The molecule has 1 aliphatic rings. The maximum absolute atomic E-state index is 11.8. The minimum Gasteiger partial charge on any atom is -0.376 e. The van der Waals surface area contributed by atoms with Crippen LogP contribution in [0.5, 0.6) is 0 Å². The zero-order valence-electron chi connectivity index (χ0n) is 11.4. The Morgan fingerprint density at radius 2 is 2.00 bits per heavy atom. The van der Waals surface area contributed by atoms with Crippen molar-refractivity contribution in [3.8, 4) is 0 Å². The number of carbonyl (C=O) groups is 1. The van der Waals surface area contributed by atoms with Crippen LogP contribution in [0.1, 0.15) is 5.56 Å². The van der Waals surface area contributed by atoms with Crippen molar-refractivity contribution in [2.24, 2.45) is 5.14 Å². The van der Waals surface area contributed by atoms with Gasteiger partial charge in [0.15, 0.2) is 6.10 Å². The molecule has 1 aromatic rings. The number of primary sulfonamides is 1. The fourth-order valence-electron chi connectivity index (χ4n) is 1.93. The molecule has 0 spiro atoms. The van der Waals surface area contributed by atoms with Gasteiger partial charge < -0.3 is 14.8 Å². The van der Waals surface area contributed by atoms with Crippen molar-refractivity contribution in [2.75, 3.05) is 26.4 Å². The molecule has 21 heavy (non-hydrogen) atoms. The van der Waals surface area contributed by atoms with Gasteiger partial charge in [0.1, 0.15) is 0 Å². The molecule has 116 valence electrons. The summed E-state index contributed by atoms with van der Waals surface area (Å²) in [6.07, 6.45) is 0.0352. The van der Waals surface area contributed by atoms with Crippen molar-refractivity contribution in [3.05, 3.63) is 29.8 Å². The molecule has 0 radical (unpaired) electrons. The Balaban J connectivity index is 1.79. The van der Waals surface area contributed by atoms with Gasteiger partial charge in [-0.15, -0.1) is 0 Å². The van der Waals surface area contributed by atoms with Crippen LogP contribution in [-0.4, -0.2) is 46.8 Å². The monoisotopic (exact) mass is 314 g/mol. The summed E-state index contributed by atoms with van der Waals surface area (Å²) >= 11 is 0. The summed E-state index contributed by atoms with van der Waals surface area (Å²) in [5.74, 6) is -0.198. The van der Waals surface area contributed by atoms with Crippen LogP contribution >= 0.6 is 0 Å². The van der Waals surface area contributed by atoms with Crippen molar-refractivity contribution >= 4 is 15.9 Å². The average molecular weight is 314 g/mol. The average Bonchev–Trinajstić information content (AvgIpc) is 2.47. The molecule has 1 heterocycles. The summed E-state index contributed by atoms with van der Waals surface area (Å²) < 4.78 is 32.7. The number of carbonyl (C=O) groups excluding carboxylic acids is 1. The summed E-state index contributed by atoms with van der Waals surface area (Å²) in [6.45, 7) is 1.65. The van der Waals surface area contributed by atoms with Gasteiger partial charge in [-0.3, -0.25) is 4.79 Å². The minimum atomic E-state index is -3.67. The Hall–Kier alpha value is -1.48. The molecule has 2 rings (SSSR count). The van der Waals surface area contributed by atoms with Gasteiger partial charge in [0.05, 0.1) is 24.7 Å². The SMILES string of the molecule is NS(=O)(=O)c1ccc(CCNC(=O)C2COCCO2)cc1. The van der Waals surface area contributed by atoms with E-state index in [4.69, 9.17) is 14.6 Å². The van der Waals surface area contributed by atoms with Crippen LogP contribution in [-0.2, 0) is 30.7 Å². The zero-order valence-corrected chi connectivity index (χ0v) is 12.3. The van der Waals surface area contributed by atoms with Gasteiger partial charge in [0.2, 0.25) is 10.0 Å². The first-order chi connectivity index (χ1) is 9.97. The fourth-order valence-corrected chi connectivity index (χ4v) is 2.44. The number of ether oxygens (including phenoxy) is 2. The Bertz CT molecular complexity index is 579. The Morgan fingerprint density at radius 3 is 2.57 bits per heavy atom. The standard InChI is InChI=1S/C13H18N2O5S/c14-21(17,18)11-3-1-10(2-4-11)5-6-15-13(16)12-9-19-7-8-20-12/h1-4,12H,5-9H2,(H,15,16)(H2,14,17,18). The lowest BCUT2D eigenvalue weighted by atomic mass is 10.1. The van der Waals surface area contributed by atoms with E-state index in [-0.39, 0.29) is 17.4 Å². The molecule has 1 amide bonds. The summed E-state index contributed by atoms with van der Waals surface area (Å²) in [6, 6.07) is 6.24. The highest BCUT2D eigenvalue weighted by molar-refractivity contribution is 7.89. The molecule has 0 aliphatic carbocycles. The molecule has 1 atom stereocenters. The molecule has 1 saturated heterocycles. The van der Waals surface area contributed by atoms with Crippen molar-refractivity contribution < 1.29 is 22.7 Å². The number of amides is 1. The lowest BCUT2D eigenvalue weighted by Gasteiger charge is -2.22. The lowest BCUT2D eigenvalue weighted by molar-refractivity contribution is -0.147.